The standard InChI is InChI=1S/C21H26N2O5/c1-13(2)17(22-21(26)28-12-14-7-5-4-6-8-14)19(24)23-16-10-9-15(11-16)18(23)20(25)27-3/h4-10,13,15-18H,11-12H2,1-3H3,(H,22,26)/t15?,16?,17-,18?/m0/s1. The summed E-state index contributed by atoms with van der Waals surface area (Å²) in [6.07, 6.45) is 3.94. The highest BCUT2D eigenvalue weighted by Gasteiger charge is 2.51. The predicted octanol–water partition coefficient (Wildman–Crippen LogP) is 2.27. The number of ether oxygens (including phenoxy) is 2. The van der Waals surface area contributed by atoms with Crippen molar-refractivity contribution in [3.63, 3.8) is 0 Å². The molecule has 0 spiro atoms. The van der Waals surface area contributed by atoms with Gasteiger partial charge >= 0.3 is 12.1 Å². The molecular formula is C21H26N2O5. The molecule has 4 atom stereocenters. The van der Waals surface area contributed by atoms with E-state index in [2.05, 4.69) is 5.32 Å². The molecule has 1 N–H and O–H groups in total. The van der Waals surface area contributed by atoms with Crippen molar-refractivity contribution >= 4 is 18.0 Å². The predicted molar refractivity (Wildman–Crippen MR) is 102 cm³/mol. The molecule has 3 rings (SSSR count). The maximum absolute atomic E-state index is 13.2. The SMILES string of the molecule is COC(=O)C1C2C=CC(C2)N1C(=O)[C@@H](NC(=O)OCc1ccccc1)C(C)C. The quantitative estimate of drug-likeness (QED) is 0.599. The fraction of sp³-hybridized carbons (Fsp3) is 0.476. The van der Waals surface area contributed by atoms with Gasteiger partial charge in [-0.1, -0.05) is 56.3 Å². The lowest BCUT2D eigenvalue weighted by Crippen LogP contribution is -2.57. The number of hydrogen-bond donors (Lipinski definition) is 1. The van der Waals surface area contributed by atoms with E-state index in [9.17, 15) is 14.4 Å². The Morgan fingerprint density at radius 2 is 1.89 bits per heavy atom. The van der Waals surface area contributed by atoms with Crippen LogP contribution in [-0.2, 0) is 25.7 Å². The summed E-state index contributed by atoms with van der Waals surface area (Å²) in [4.78, 5) is 39.3. The molecule has 28 heavy (non-hydrogen) atoms. The molecule has 0 radical (unpaired) electrons. The van der Waals surface area contributed by atoms with Gasteiger partial charge in [0.05, 0.1) is 13.2 Å². The summed E-state index contributed by atoms with van der Waals surface area (Å²) in [5.41, 5.74) is 0.859. The molecule has 0 saturated carbocycles. The summed E-state index contributed by atoms with van der Waals surface area (Å²) in [6, 6.07) is 7.73. The summed E-state index contributed by atoms with van der Waals surface area (Å²) >= 11 is 0. The van der Waals surface area contributed by atoms with Crippen molar-refractivity contribution in [2.75, 3.05) is 7.11 Å². The molecule has 3 unspecified atom stereocenters. The fourth-order valence-electron chi connectivity index (χ4n) is 3.84. The monoisotopic (exact) mass is 386 g/mol. The van der Waals surface area contributed by atoms with Gasteiger partial charge in [0.2, 0.25) is 5.91 Å². The second-order valence-corrected chi connectivity index (χ2v) is 7.49. The number of carbonyl (C=O) groups is 3. The first-order valence-electron chi connectivity index (χ1n) is 9.48. The third-order valence-corrected chi connectivity index (χ3v) is 5.27. The summed E-state index contributed by atoms with van der Waals surface area (Å²) in [5, 5.41) is 2.67. The number of alkyl carbamates (subject to hydrolysis) is 1. The van der Waals surface area contributed by atoms with E-state index in [0.717, 1.165) is 5.56 Å². The van der Waals surface area contributed by atoms with Crippen LogP contribution < -0.4 is 5.32 Å². The normalized spacial score (nSPS) is 23.6. The third kappa shape index (κ3) is 4.03. The van der Waals surface area contributed by atoms with Crippen molar-refractivity contribution in [2.45, 2.75) is 45.0 Å². The molecule has 1 heterocycles. The van der Waals surface area contributed by atoms with E-state index in [1.54, 1.807) is 4.90 Å². The van der Waals surface area contributed by atoms with Crippen LogP contribution in [0.4, 0.5) is 4.79 Å². The lowest BCUT2D eigenvalue weighted by Gasteiger charge is -2.34. The largest absolute Gasteiger partial charge is 0.467 e. The molecule has 2 bridgehead atoms. The van der Waals surface area contributed by atoms with Crippen molar-refractivity contribution in [3.05, 3.63) is 48.0 Å². The van der Waals surface area contributed by atoms with Crippen LogP contribution in [0.3, 0.4) is 0 Å². The average Bonchev–Trinajstić information content (AvgIpc) is 3.31. The number of rotatable bonds is 6. The maximum atomic E-state index is 13.2. The Bertz CT molecular complexity index is 761. The van der Waals surface area contributed by atoms with Crippen molar-refractivity contribution < 1.29 is 23.9 Å². The molecule has 7 nitrogen and oxygen atoms in total. The molecule has 0 aromatic heterocycles. The zero-order chi connectivity index (χ0) is 20.3. The zero-order valence-electron chi connectivity index (χ0n) is 16.3. The maximum Gasteiger partial charge on any atom is 0.408 e. The van der Waals surface area contributed by atoms with Crippen molar-refractivity contribution in [1.82, 2.24) is 10.2 Å². The summed E-state index contributed by atoms with van der Waals surface area (Å²) < 4.78 is 10.1. The van der Waals surface area contributed by atoms with E-state index in [4.69, 9.17) is 9.47 Å². The van der Waals surface area contributed by atoms with E-state index in [-0.39, 0.29) is 30.4 Å². The van der Waals surface area contributed by atoms with E-state index in [1.807, 2.05) is 56.3 Å². The lowest BCUT2D eigenvalue weighted by atomic mass is 9.99. The summed E-state index contributed by atoms with van der Waals surface area (Å²) in [5.74, 6) is -0.935. The van der Waals surface area contributed by atoms with Gasteiger partial charge < -0.3 is 19.7 Å². The molecule has 1 aliphatic heterocycles. The number of nitrogens with zero attached hydrogens (tertiary/aromatic N) is 1. The van der Waals surface area contributed by atoms with Crippen molar-refractivity contribution in [1.29, 1.82) is 0 Å². The van der Waals surface area contributed by atoms with Crippen LogP contribution in [0, 0.1) is 11.8 Å². The summed E-state index contributed by atoms with van der Waals surface area (Å²) in [6.45, 7) is 3.81. The summed E-state index contributed by atoms with van der Waals surface area (Å²) in [7, 11) is 1.32. The minimum absolute atomic E-state index is 0.0424. The van der Waals surface area contributed by atoms with Crippen LogP contribution in [0.1, 0.15) is 25.8 Å². The number of benzene rings is 1. The van der Waals surface area contributed by atoms with Crippen molar-refractivity contribution in [3.8, 4) is 0 Å². The van der Waals surface area contributed by atoms with E-state index in [1.165, 1.54) is 7.11 Å². The van der Waals surface area contributed by atoms with Gasteiger partial charge in [-0.25, -0.2) is 9.59 Å². The minimum atomic E-state index is -0.789. The molecule has 2 amide bonds. The fourth-order valence-corrected chi connectivity index (χ4v) is 3.84. The van der Waals surface area contributed by atoms with Gasteiger partial charge in [0.1, 0.15) is 18.7 Å². The second kappa shape index (κ2) is 8.46. The Kier molecular flexibility index (Phi) is 6.02. The Hall–Kier alpha value is -2.83. The van der Waals surface area contributed by atoms with Crippen LogP contribution in [0.2, 0.25) is 0 Å². The number of esters is 1. The molecule has 1 saturated heterocycles. The minimum Gasteiger partial charge on any atom is -0.467 e. The molecule has 1 aromatic carbocycles. The molecule has 2 aliphatic rings. The number of likely N-dealkylation sites (tertiary alicyclic amines) is 1. The molecule has 1 fully saturated rings. The molecule has 150 valence electrons. The highest BCUT2D eigenvalue weighted by atomic mass is 16.5. The highest BCUT2D eigenvalue weighted by molar-refractivity contribution is 5.91. The number of methoxy groups -OCH3 is 1. The first-order valence-corrected chi connectivity index (χ1v) is 9.48. The highest BCUT2D eigenvalue weighted by Crippen LogP contribution is 2.38. The first-order chi connectivity index (χ1) is 13.4. The number of fused-ring (bicyclic) bond motifs is 2. The van der Waals surface area contributed by atoms with Crippen molar-refractivity contribution in [2.24, 2.45) is 11.8 Å². The van der Waals surface area contributed by atoms with Gasteiger partial charge in [-0.05, 0) is 17.9 Å². The average molecular weight is 386 g/mol. The van der Waals surface area contributed by atoms with Gasteiger partial charge in [0, 0.05) is 5.92 Å². The molecule has 7 heteroatoms. The first kappa shape index (κ1) is 19.9. The number of hydrogen-bond acceptors (Lipinski definition) is 5. The third-order valence-electron chi connectivity index (χ3n) is 5.27. The van der Waals surface area contributed by atoms with E-state index < -0.39 is 24.1 Å². The van der Waals surface area contributed by atoms with E-state index in [0.29, 0.717) is 6.42 Å². The Morgan fingerprint density at radius 1 is 1.18 bits per heavy atom. The Labute approximate surface area is 164 Å². The molecule has 1 aliphatic carbocycles. The van der Waals surface area contributed by atoms with Gasteiger partial charge in [0.25, 0.3) is 0 Å². The smallest absolute Gasteiger partial charge is 0.408 e. The number of amides is 2. The number of nitrogens with one attached hydrogen (secondary N) is 1. The Balaban J connectivity index is 1.67. The second-order valence-electron chi connectivity index (χ2n) is 7.49. The van der Waals surface area contributed by atoms with E-state index >= 15 is 0 Å². The Morgan fingerprint density at radius 3 is 2.54 bits per heavy atom. The van der Waals surface area contributed by atoms with Crippen LogP contribution >= 0.6 is 0 Å². The van der Waals surface area contributed by atoms with Crippen LogP contribution in [-0.4, -0.2) is 48.1 Å². The van der Waals surface area contributed by atoms with Gasteiger partial charge in [0.15, 0.2) is 0 Å². The topological polar surface area (TPSA) is 84.9 Å². The van der Waals surface area contributed by atoms with Crippen LogP contribution in [0.5, 0.6) is 0 Å². The zero-order valence-corrected chi connectivity index (χ0v) is 16.3. The van der Waals surface area contributed by atoms with Crippen LogP contribution in [0.25, 0.3) is 0 Å². The van der Waals surface area contributed by atoms with Gasteiger partial charge in [-0.3, -0.25) is 4.79 Å². The van der Waals surface area contributed by atoms with Gasteiger partial charge in [-0.15, -0.1) is 0 Å². The number of carbonyl (C=O) groups excluding carboxylic acids is 3. The molecule has 1 aromatic rings. The van der Waals surface area contributed by atoms with Crippen LogP contribution in [0.15, 0.2) is 42.5 Å². The lowest BCUT2D eigenvalue weighted by molar-refractivity contribution is -0.154. The molecular weight excluding hydrogens is 360 g/mol. The van der Waals surface area contributed by atoms with Gasteiger partial charge in [-0.2, -0.15) is 0 Å².